The van der Waals surface area contributed by atoms with Crippen LogP contribution in [0.3, 0.4) is 0 Å². The van der Waals surface area contributed by atoms with Crippen molar-refractivity contribution in [2.24, 2.45) is 7.05 Å². The molecule has 3 aromatic rings. The lowest BCUT2D eigenvalue weighted by molar-refractivity contribution is -0.713. The number of urea groups is 1. The molecule has 8 heteroatoms. The van der Waals surface area contributed by atoms with Gasteiger partial charge in [-0.15, -0.1) is 0 Å². The quantitative estimate of drug-likeness (QED) is 0.436. The Hall–Kier alpha value is -3.39. The van der Waals surface area contributed by atoms with Gasteiger partial charge in [-0.05, 0) is 29.8 Å². The second kappa shape index (κ2) is 7.69. The van der Waals surface area contributed by atoms with Gasteiger partial charge in [-0.1, -0.05) is 26.0 Å². The van der Waals surface area contributed by atoms with Gasteiger partial charge in [-0.2, -0.15) is 10.00 Å². The van der Waals surface area contributed by atoms with E-state index < -0.39 is 5.41 Å². The summed E-state index contributed by atoms with van der Waals surface area (Å²) in [7, 11) is 1.79. The Morgan fingerprint density at radius 3 is 2.46 bits per heavy atom. The van der Waals surface area contributed by atoms with Gasteiger partial charge in [0.1, 0.15) is 12.9 Å². The summed E-state index contributed by atoms with van der Waals surface area (Å²) in [6, 6.07) is 12.6. The molecule has 2 heterocycles. The van der Waals surface area contributed by atoms with Gasteiger partial charge < -0.3 is 10.8 Å². The van der Waals surface area contributed by atoms with Crippen LogP contribution in [-0.2, 0) is 12.5 Å². The summed E-state index contributed by atoms with van der Waals surface area (Å²) in [5, 5.41) is 18.2. The summed E-state index contributed by atoms with van der Waals surface area (Å²) in [4.78, 5) is 16.4. The molecule has 2 amide bonds. The summed E-state index contributed by atoms with van der Waals surface area (Å²) in [6.45, 7) is 3.83. The maximum Gasteiger partial charge on any atom is 0.411 e. The van der Waals surface area contributed by atoms with E-state index >= 15 is 0 Å². The fourth-order valence-electron chi connectivity index (χ4n) is 2.66. The van der Waals surface area contributed by atoms with Crippen molar-refractivity contribution >= 4 is 23.4 Å². The van der Waals surface area contributed by atoms with E-state index in [4.69, 9.17) is 5.73 Å². The van der Waals surface area contributed by atoms with Crippen molar-refractivity contribution in [1.29, 1.82) is 0 Å². The highest BCUT2D eigenvalue weighted by atomic mass is 16.3. The zero-order chi connectivity index (χ0) is 20.3. The number of H-pyrrole nitrogens is 1. The van der Waals surface area contributed by atoms with Gasteiger partial charge in [0.2, 0.25) is 0 Å². The van der Waals surface area contributed by atoms with Crippen molar-refractivity contribution in [3.05, 3.63) is 54.4 Å². The van der Waals surface area contributed by atoms with Crippen molar-refractivity contribution in [2.45, 2.75) is 19.3 Å². The van der Waals surface area contributed by atoms with Gasteiger partial charge in [0, 0.05) is 22.9 Å². The largest absolute Gasteiger partial charge is 0.411 e. The molecule has 0 fully saturated rings. The average Bonchev–Trinajstić information content (AvgIpc) is 3.04. The molecule has 28 heavy (non-hydrogen) atoms. The molecule has 0 saturated heterocycles. The highest BCUT2D eigenvalue weighted by molar-refractivity contribution is 5.98. The number of rotatable bonds is 5. The van der Waals surface area contributed by atoms with Crippen LogP contribution < -0.4 is 21.0 Å². The first-order valence-electron chi connectivity index (χ1n) is 8.89. The van der Waals surface area contributed by atoms with E-state index in [-0.39, 0.29) is 12.6 Å². The molecule has 0 aliphatic carbocycles. The van der Waals surface area contributed by atoms with Gasteiger partial charge in [-0.3, -0.25) is 5.32 Å². The molecule has 8 nitrogen and oxygen atoms in total. The highest BCUT2D eigenvalue weighted by Crippen LogP contribution is 2.23. The fraction of sp³-hybridized carbons (Fsp3) is 0.250. The third-order valence-electron chi connectivity index (χ3n) is 4.56. The molecular weight excluding hydrogens is 356 g/mol. The summed E-state index contributed by atoms with van der Waals surface area (Å²) in [5.74, 6) is 1.07. The maximum absolute atomic E-state index is 12.3. The molecule has 0 atom stereocenters. The summed E-state index contributed by atoms with van der Waals surface area (Å²) < 4.78 is 1.70. The number of nitrogens with one attached hydrogen (secondary N) is 3. The smallest absolute Gasteiger partial charge is 0.395 e. The summed E-state index contributed by atoms with van der Waals surface area (Å²) >= 11 is 0. The van der Waals surface area contributed by atoms with Crippen LogP contribution in [-0.4, -0.2) is 27.8 Å². The number of nitrogens with zero attached hydrogens (tertiary/aromatic N) is 2. The van der Waals surface area contributed by atoms with Crippen LogP contribution in [0, 0.1) is 0 Å². The Kier molecular flexibility index (Phi) is 5.32. The van der Waals surface area contributed by atoms with Gasteiger partial charge >= 0.3 is 11.8 Å². The normalized spacial score (nSPS) is 11.3. The van der Waals surface area contributed by atoms with Crippen LogP contribution in [0.2, 0.25) is 0 Å². The molecule has 0 aliphatic rings. The first-order chi connectivity index (χ1) is 13.3. The minimum Gasteiger partial charge on any atom is -0.395 e. The van der Waals surface area contributed by atoms with Gasteiger partial charge in [0.15, 0.2) is 0 Å². The summed E-state index contributed by atoms with van der Waals surface area (Å²) in [5.41, 5.74) is 8.60. The van der Waals surface area contributed by atoms with Crippen LogP contribution in [0.4, 0.5) is 22.1 Å². The standard InChI is InChI=1S/C20H24N6O2/c1-20(2,12-27)16-10-18(26(3)25-16)24-19(28)23-15-7-4-13(5-8-15)14-6-9-17(21)22-11-14/h4-11,27H,12H2,1-3H3,(H4,21,22,23,24,25,28)/p+1. The number of nitrogen functional groups attached to an aromatic ring is 1. The van der Waals surface area contributed by atoms with E-state index in [0.29, 0.717) is 17.3 Å². The molecule has 146 valence electrons. The number of aromatic amines is 1. The van der Waals surface area contributed by atoms with Crippen molar-refractivity contribution in [1.82, 2.24) is 10.1 Å². The monoisotopic (exact) mass is 381 g/mol. The maximum atomic E-state index is 12.3. The first kappa shape index (κ1) is 19.4. The summed E-state index contributed by atoms with van der Waals surface area (Å²) in [6.07, 6.45) is 1.71. The number of aromatic nitrogens is 3. The number of aliphatic hydroxyl groups is 1. The Morgan fingerprint density at radius 1 is 1.18 bits per heavy atom. The van der Waals surface area contributed by atoms with Crippen molar-refractivity contribution in [3.63, 3.8) is 0 Å². The Bertz CT molecular complexity index is 961. The average molecular weight is 381 g/mol. The molecule has 3 rings (SSSR count). The number of hydrogen-bond acceptors (Lipinski definition) is 4. The lowest BCUT2D eigenvalue weighted by Crippen LogP contribution is -2.37. The fourth-order valence-corrected chi connectivity index (χ4v) is 2.66. The molecule has 0 bridgehead atoms. The zero-order valence-corrected chi connectivity index (χ0v) is 16.2. The van der Waals surface area contributed by atoms with Crippen LogP contribution >= 0.6 is 0 Å². The van der Waals surface area contributed by atoms with E-state index in [1.54, 1.807) is 24.0 Å². The number of aryl methyl sites for hydroxylation is 1. The van der Waals surface area contributed by atoms with E-state index in [1.165, 1.54) is 0 Å². The minimum absolute atomic E-state index is 0.00493. The van der Waals surface area contributed by atoms with Crippen molar-refractivity contribution in [2.75, 3.05) is 23.0 Å². The number of aliphatic hydroxyl groups excluding tert-OH is 1. The van der Waals surface area contributed by atoms with E-state index in [0.717, 1.165) is 16.8 Å². The lowest BCUT2D eigenvalue weighted by Gasteiger charge is -2.17. The Labute approximate surface area is 163 Å². The van der Waals surface area contributed by atoms with Crippen molar-refractivity contribution < 1.29 is 14.6 Å². The number of carbonyl (C=O) groups excluding carboxylic acids is 1. The van der Waals surface area contributed by atoms with Crippen molar-refractivity contribution in [3.8, 4) is 11.1 Å². The van der Waals surface area contributed by atoms with E-state index in [1.807, 2.05) is 50.2 Å². The van der Waals surface area contributed by atoms with E-state index in [9.17, 15) is 9.90 Å². The number of carbonyl (C=O) groups is 1. The number of benzene rings is 1. The molecule has 0 spiro atoms. The predicted molar refractivity (Wildman–Crippen MR) is 109 cm³/mol. The van der Waals surface area contributed by atoms with Gasteiger partial charge in [0.05, 0.1) is 18.4 Å². The Balaban J connectivity index is 1.66. The lowest BCUT2D eigenvalue weighted by atomic mass is 9.91. The molecule has 6 N–H and O–H groups in total. The Morgan fingerprint density at radius 2 is 1.86 bits per heavy atom. The molecule has 2 aromatic heterocycles. The SMILES string of the molecule is C[n+]1[nH]c(C(C)(C)CO)cc1NC(=O)Nc1ccc(-c2ccc(N)nc2)cc1. The van der Waals surface area contributed by atoms with E-state index in [2.05, 4.69) is 20.7 Å². The van der Waals surface area contributed by atoms with Gasteiger partial charge in [-0.25, -0.2) is 14.9 Å². The third-order valence-corrected chi connectivity index (χ3v) is 4.56. The molecular formula is C20H25N6O2+. The number of hydrogen-bond donors (Lipinski definition) is 5. The number of pyridine rings is 1. The molecule has 0 unspecified atom stereocenters. The molecule has 0 radical (unpaired) electrons. The zero-order valence-electron chi connectivity index (χ0n) is 16.2. The van der Waals surface area contributed by atoms with Gasteiger partial charge in [0.25, 0.3) is 0 Å². The van der Waals surface area contributed by atoms with Crippen LogP contribution in [0.25, 0.3) is 11.1 Å². The number of nitrogens with two attached hydrogens (primary N) is 1. The number of amides is 2. The van der Waals surface area contributed by atoms with Crippen LogP contribution in [0.5, 0.6) is 0 Å². The molecule has 0 aliphatic heterocycles. The molecule has 1 aromatic carbocycles. The second-order valence-electron chi connectivity index (χ2n) is 7.28. The predicted octanol–water partition coefficient (Wildman–Crippen LogP) is 2.40. The topological polar surface area (TPSA) is 120 Å². The minimum atomic E-state index is -0.430. The third kappa shape index (κ3) is 4.29. The number of anilines is 3. The highest BCUT2D eigenvalue weighted by Gasteiger charge is 2.26. The van der Waals surface area contributed by atoms with Crippen LogP contribution in [0.1, 0.15) is 19.5 Å². The molecule has 0 saturated carbocycles. The second-order valence-corrected chi connectivity index (χ2v) is 7.28. The first-order valence-corrected chi connectivity index (χ1v) is 8.89. The van der Waals surface area contributed by atoms with Crippen LogP contribution in [0.15, 0.2) is 48.7 Å².